The Kier molecular flexibility index (Phi) is 6.68. The Morgan fingerprint density at radius 1 is 1.21 bits per heavy atom. The first-order valence-corrected chi connectivity index (χ1v) is 8.77. The number of imide groups is 1. The Morgan fingerprint density at radius 3 is 2.46 bits per heavy atom. The predicted molar refractivity (Wildman–Crippen MR) is 100 cm³/mol. The van der Waals surface area contributed by atoms with E-state index in [-0.39, 0.29) is 6.54 Å². The van der Waals surface area contributed by atoms with Crippen molar-refractivity contribution in [2.75, 3.05) is 0 Å². The van der Waals surface area contributed by atoms with Crippen LogP contribution in [0.15, 0.2) is 24.3 Å². The molecule has 150 valence electrons. The molecule has 0 aliphatic rings. The van der Waals surface area contributed by atoms with Crippen LogP contribution in [0.4, 0.5) is 4.79 Å². The Morgan fingerprint density at radius 2 is 1.86 bits per heavy atom. The van der Waals surface area contributed by atoms with Gasteiger partial charge in [-0.05, 0) is 57.2 Å². The van der Waals surface area contributed by atoms with Crippen LogP contribution < -0.4 is 10.6 Å². The van der Waals surface area contributed by atoms with Gasteiger partial charge in [-0.1, -0.05) is 11.6 Å². The zero-order valence-electron chi connectivity index (χ0n) is 15.9. The molecule has 11 heteroatoms. The van der Waals surface area contributed by atoms with Crippen molar-refractivity contribution in [3.05, 3.63) is 29.3 Å². The first-order valence-electron chi connectivity index (χ1n) is 8.40. The van der Waals surface area contributed by atoms with Gasteiger partial charge < -0.3 is 10.1 Å². The number of aromatic nitrogens is 4. The van der Waals surface area contributed by atoms with Crippen molar-refractivity contribution in [2.24, 2.45) is 0 Å². The lowest BCUT2D eigenvalue weighted by atomic mass is 10.1. The minimum absolute atomic E-state index is 0.314. The van der Waals surface area contributed by atoms with Crippen molar-refractivity contribution in [1.29, 1.82) is 0 Å². The van der Waals surface area contributed by atoms with Gasteiger partial charge in [-0.3, -0.25) is 10.1 Å². The fourth-order valence-electron chi connectivity index (χ4n) is 2.01. The van der Waals surface area contributed by atoms with E-state index in [2.05, 4.69) is 26.0 Å². The fraction of sp³-hybridized carbons (Fsp3) is 0.412. The Bertz CT molecular complexity index is 859. The van der Waals surface area contributed by atoms with Crippen LogP contribution in [-0.4, -0.2) is 49.8 Å². The zero-order chi connectivity index (χ0) is 20.9. The molecule has 28 heavy (non-hydrogen) atoms. The number of ether oxygens (including phenoxy) is 1. The van der Waals surface area contributed by atoms with Gasteiger partial charge in [0.2, 0.25) is 5.82 Å². The van der Waals surface area contributed by atoms with Gasteiger partial charge >= 0.3 is 12.0 Å². The van der Waals surface area contributed by atoms with Crippen molar-refractivity contribution >= 4 is 29.5 Å². The lowest BCUT2D eigenvalue weighted by Crippen LogP contribution is -2.50. The number of carbonyl (C=O) groups excluding carboxylic acids is 3. The SMILES string of the molecule is C[C@H](OC(=O)Cn1nnc(-c2ccc(Cl)cc2)n1)C(=O)NC(=O)NC(C)(C)C. The van der Waals surface area contributed by atoms with E-state index in [1.807, 2.05) is 0 Å². The molecule has 1 heterocycles. The first-order chi connectivity index (χ1) is 13.0. The molecule has 0 aliphatic heterocycles. The summed E-state index contributed by atoms with van der Waals surface area (Å²) in [6, 6.07) is 6.13. The smallest absolute Gasteiger partial charge is 0.330 e. The summed E-state index contributed by atoms with van der Waals surface area (Å²) in [7, 11) is 0. The highest BCUT2D eigenvalue weighted by Crippen LogP contribution is 2.16. The van der Waals surface area contributed by atoms with E-state index in [9.17, 15) is 14.4 Å². The van der Waals surface area contributed by atoms with E-state index >= 15 is 0 Å². The van der Waals surface area contributed by atoms with Gasteiger partial charge in [0.05, 0.1) is 0 Å². The van der Waals surface area contributed by atoms with E-state index in [0.717, 1.165) is 4.80 Å². The number of rotatable bonds is 5. The highest BCUT2D eigenvalue weighted by molar-refractivity contribution is 6.30. The number of hydrogen-bond donors (Lipinski definition) is 2. The van der Waals surface area contributed by atoms with Crippen LogP contribution in [-0.2, 0) is 20.9 Å². The predicted octanol–water partition coefficient (Wildman–Crippen LogP) is 1.55. The first kappa shape index (κ1) is 21.3. The Hall–Kier alpha value is -3.01. The minimum atomic E-state index is -1.17. The number of tetrazole rings is 1. The summed E-state index contributed by atoms with van der Waals surface area (Å²) in [6.07, 6.45) is -1.17. The second-order valence-corrected chi connectivity index (χ2v) is 7.41. The maximum absolute atomic E-state index is 12.0. The van der Waals surface area contributed by atoms with Gasteiger partial charge in [0, 0.05) is 16.1 Å². The number of halogens is 1. The quantitative estimate of drug-likeness (QED) is 0.718. The Labute approximate surface area is 166 Å². The molecule has 0 saturated carbocycles. The van der Waals surface area contributed by atoms with E-state index < -0.39 is 29.6 Å². The number of esters is 1. The van der Waals surface area contributed by atoms with Crippen LogP contribution in [0.25, 0.3) is 11.4 Å². The fourth-order valence-corrected chi connectivity index (χ4v) is 2.14. The molecule has 1 atom stereocenters. The normalized spacial score (nSPS) is 12.2. The summed E-state index contributed by atoms with van der Waals surface area (Å²) in [4.78, 5) is 36.6. The zero-order valence-corrected chi connectivity index (χ0v) is 16.6. The second kappa shape index (κ2) is 8.79. The third-order valence-electron chi connectivity index (χ3n) is 3.23. The lowest BCUT2D eigenvalue weighted by Gasteiger charge is -2.21. The second-order valence-electron chi connectivity index (χ2n) is 6.98. The van der Waals surface area contributed by atoms with Crippen molar-refractivity contribution in [3.8, 4) is 11.4 Å². The number of amides is 3. The number of nitrogens with zero attached hydrogens (tertiary/aromatic N) is 4. The molecular weight excluding hydrogens is 388 g/mol. The Balaban J connectivity index is 1.87. The van der Waals surface area contributed by atoms with Crippen LogP contribution in [0.3, 0.4) is 0 Å². The maximum atomic E-state index is 12.0. The van der Waals surface area contributed by atoms with Crippen LogP contribution in [0.1, 0.15) is 27.7 Å². The minimum Gasteiger partial charge on any atom is -0.451 e. The molecule has 0 bridgehead atoms. The van der Waals surface area contributed by atoms with Gasteiger partial charge in [-0.2, -0.15) is 4.80 Å². The maximum Gasteiger partial charge on any atom is 0.330 e. The van der Waals surface area contributed by atoms with E-state index in [4.69, 9.17) is 16.3 Å². The molecule has 1 aromatic heterocycles. The van der Waals surface area contributed by atoms with Crippen LogP contribution in [0.5, 0.6) is 0 Å². The summed E-state index contributed by atoms with van der Waals surface area (Å²) in [5.74, 6) is -1.18. The highest BCUT2D eigenvalue weighted by atomic mass is 35.5. The topological polar surface area (TPSA) is 128 Å². The third-order valence-corrected chi connectivity index (χ3v) is 3.48. The van der Waals surface area contributed by atoms with Gasteiger partial charge in [0.1, 0.15) is 0 Å². The van der Waals surface area contributed by atoms with Gasteiger partial charge in [0.15, 0.2) is 12.6 Å². The van der Waals surface area contributed by atoms with Gasteiger partial charge in [0.25, 0.3) is 5.91 Å². The van der Waals surface area contributed by atoms with Crippen molar-refractivity contribution in [3.63, 3.8) is 0 Å². The highest BCUT2D eigenvalue weighted by Gasteiger charge is 2.22. The number of hydrogen-bond acceptors (Lipinski definition) is 7. The number of carbonyl (C=O) groups is 3. The van der Waals surface area contributed by atoms with Crippen LogP contribution in [0.2, 0.25) is 5.02 Å². The molecule has 10 nitrogen and oxygen atoms in total. The molecule has 3 amide bonds. The molecule has 1 aromatic carbocycles. The molecule has 0 spiro atoms. The van der Waals surface area contributed by atoms with Crippen molar-refractivity contribution in [1.82, 2.24) is 30.8 Å². The summed E-state index contributed by atoms with van der Waals surface area (Å²) in [5, 5.41) is 17.0. The average Bonchev–Trinajstić information content (AvgIpc) is 3.01. The summed E-state index contributed by atoms with van der Waals surface area (Å²) in [5.41, 5.74) is 0.173. The monoisotopic (exact) mass is 408 g/mol. The van der Waals surface area contributed by atoms with E-state index in [1.54, 1.807) is 45.0 Å². The third kappa shape index (κ3) is 6.62. The molecule has 2 aromatic rings. The largest absolute Gasteiger partial charge is 0.451 e. The molecule has 2 N–H and O–H groups in total. The number of benzene rings is 1. The van der Waals surface area contributed by atoms with Crippen molar-refractivity contribution in [2.45, 2.75) is 45.9 Å². The molecule has 0 radical (unpaired) electrons. The van der Waals surface area contributed by atoms with Crippen LogP contribution >= 0.6 is 11.6 Å². The standard InChI is InChI=1S/C17H21ClN6O4/c1-10(15(26)19-16(27)20-17(2,3)4)28-13(25)9-24-22-14(21-23-24)11-5-7-12(18)8-6-11/h5-8,10H,9H2,1-4H3,(H2,19,20,26,27)/t10-/m0/s1. The van der Waals surface area contributed by atoms with E-state index in [1.165, 1.54) is 6.92 Å². The lowest BCUT2D eigenvalue weighted by molar-refractivity contribution is -0.155. The summed E-state index contributed by atoms with van der Waals surface area (Å²) >= 11 is 5.83. The number of nitrogens with one attached hydrogen (secondary N) is 2. The molecule has 2 rings (SSSR count). The molecule has 0 fully saturated rings. The average molecular weight is 409 g/mol. The number of urea groups is 1. The summed E-state index contributed by atoms with van der Waals surface area (Å²) < 4.78 is 5.00. The van der Waals surface area contributed by atoms with Gasteiger partial charge in [-0.15, -0.1) is 10.2 Å². The van der Waals surface area contributed by atoms with Gasteiger partial charge in [-0.25, -0.2) is 9.59 Å². The molecule has 0 unspecified atom stereocenters. The molecular formula is C17H21ClN6O4. The molecule has 0 saturated heterocycles. The van der Waals surface area contributed by atoms with Crippen LogP contribution in [0, 0.1) is 0 Å². The van der Waals surface area contributed by atoms with E-state index in [0.29, 0.717) is 16.4 Å². The summed E-state index contributed by atoms with van der Waals surface area (Å²) in [6.45, 7) is 6.32. The van der Waals surface area contributed by atoms with Crippen molar-refractivity contribution < 1.29 is 19.1 Å². The molecule has 0 aliphatic carbocycles.